The summed E-state index contributed by atoms with van der Waals surface area (Å²) in [6.07, 6.45) is 3.92. The van der Waals surface area contributed by atoms with Crippen molar-refractivity contribution < 1.29 is 44.0 Å². The minimum Gasteiger partial charge on any atom is -1.00 e. The molecule has 0 aliphatic rings. The molecule has 2 unspecified atom stereocenters. The van der Waals surface area contributed by atoms with Gasteiger partial charge < -0.3 is 44.0 Å². The molecular formula is C16H36Cl4N2O2. The fraction of sp³-hybridized carbons (Fsp3) is 1.00. The third-order valence-electron chi connectivity index (χ3n) is 4.04. The minimum atomic E-state index is -0.414. The van der Waals surface area contributed by atoms with E-state index >= 15 is 0 Å². The Hall–Kier alpha value is 1.00. The first-order valence-corrected chi connectivity index (χ1v) is 9.31. The van der Waals surface area contributed by atoms with Crippen LogP contribution in [0, 0.1) is 0 Å². The molecule has 0 bridgehead atoms. The second kappa shape index (κ2) is 15.1. The van der Waals surface area contributed by atoms with E-state index in [4.69, 9.17) is 23.2 Å². The monoisotopic (exact) mass is 428 g/mol. The van der Waals surface area contributed by atoms with Crippen LogP contribution < -0.4 is 24.8 Å². The Morgan fingerprint density at radius 1 is 0.667 bits per heavy atom. The van der Waals surface area contributed by atoms with Gasteiger partial charge >= 0.3 is 0 Å². The number of quaternary nitrogens is 2. The highest BCUT2D eigenvalue weighted by atomic mass is 35.5. The average Bonchev–Trinajstić information content (AvgIpc) is 2.41. The van der Waals surface area contributed by atoms with Gasteiger partial charge in [-0.1, -0.05) is 0 Å². The van der Waals surface area contributed by atoms with Crippen LogP contribution in [-0.4, -0.2) is 97.5 Å². The minimum absolute atomic E-state index is 0. The van der Waals surface area contributed by atoms with Gasteiger partial charge in [0.05, 0.1) is 53.0 Å². The lowest BCUT2D eigenvalue weighted by Crippen LogP contribution is -3.00. The van der Waals surface area contributed by atoms with Crippen molar-refractivity contribution in [3.8, 4) is 0 Å². The van der Waals surface area contributed by atoms with Gasteiger partial charge in [0.15, 0.2) is 0 Å². The molecule has 0 heterocycles. The Labute approximate surface area is 171 Å². The Morgan fingerprint density at radius 2 is 0.958 bits per heavy atom. The van der Waals surface area contributed by atoms with E-state index in [1.807, 2.05) is 0 Å². The van der Waals surface area contributed by atoms with Crippen molar-refractivity contribution in [3.05, 3.63) is 0 Å². The van der Waals surface area contributed by atoms with E-state index in [2.05, 4.69) is 28.2 Å². The SMILES string of the molecule is C[N+](C)(CCCCCC[N+](C)(C)CC(O)CCl)CC(O)CCl.[Cl-].[Cl-]. The van der Waals surface area contributed by atoms with Crippen LogP contribution in [0.15, 0.2) is 0 Å². The van der Waals surface area contributed by atoms with E-state index < -0.39 is 12.2 Å². The molecule has 0 aliphatic heterocycles. The smallest absolute Gasteiger partial charge is 0.116 e. The first kappa shape index (κ1) is 29.8. The number of aliphatic hydroxyl groups excluding tert-OH is 2. The highest BCUT2D eigenvalue weighted by Gasteiger charge is 2.20. The van der Waals surface area contributed by atoms with Gasteiger partial charge in [-0.2, -0.15) is 0 Å². The molecule has 0 aromatic heterocycles. The summed E-state index contributed by atoms with van der Waals surface area (Å²) in [7, 11) is 8.57. The Kier molecular flexibility index (Phi) is 18.7. The summed E-state index contributed by atoms with van der Waals surface area (Å²) in [5, 5.41) is 19.3. The topological polar surface area (TPSA) is 40.5 Å². The molecule has 2 N–H and O–H groups in total. The fourth-order valence-electron chi connectivity index (χ4n) is 2.85. The van der Waals surface area contributed by atoms with Gasteiger partial charge in [-0.3, -0.25) is 0 Å². The summed E-state index contributed by atoms with van der Waals surface area (Å²) >= 11 is 11.3. The molecule has 0 aromatic carbocycles. The second-order valence-electron chi connectivity index (χ2n) is 7.71. The van der Waals surface area contributed by atoms with Crippen LogP contribution in [0.25, 0.3) is 0 Å². The van der Waals surface area contributed by atoms with Crippen molar-refractivity contribution >= 4 is 23.2 Å². The maximum atomic E-state index is 9.64. The summed E-state index contributed by atoms with van der Waals surface area (Å²) < 4.78 is 1.63. The predicted octanol–water partition coefficient (Wildman–Crippen LogP) is -4.09. The maximum Gasteiger partial charge on any atom is 0.116 e. The molecule has 0 saturated carbocycles. The van der Waals surface area contributed by atoms with Crippen molar-refractivity contribution in [2.75, 3.05) is 66.1 Å². The zero-order valence-electron chi connectivity index (χ0n) is 15.5. The van der Waals surface area contributed by atoms with E-state index in [1.165, 1.54) is 25.7 Å². The van der Waals surface area contributed by atoms with Crippen LogP contribution in [0.2, 0.25) is 0 Å². The first-order chi connectivity index (χ1) is 10.1. The summed E-state index contributed by atoms with van der Waals surface area (Å²) in [5.74, 6) is 0.617. The molecule has 0 rings (SSSR count). The molecule has 0 aromatic rings. The van der Waals surface area contributed by atoms with E-state index in [-0.39, 0.29) is 24.8 Å². The zero-order chi connectivity index (χ0) is 17.2. The molecule has 150 valence electrons. The van der Waals surface area contributed by atoms with Gasteiger partial charge in [0, 0.05) is 0 Å². The largest absolute Gasteiger partial charge is 1.00 e. The number of likely N-dealkylation sites (N-methyl/N-ethyl adjacent to an activating group) is 2. The number of hydrogen-bond acceptors (Lipinski definition) is 2. The van der Waals surface area contributed by atoms with Gasteiger partial charge in [-0.25, -0.2) is 0 Å². The van der Waals surface area contributed by atoms with Crippen LogP contribution in [0.5, 0.6) is 0 Å². The zero-order valence-corrected chi connectivity index (χ0v) is 18.6. The highest BCUT2D eigenvalue weighted by molar-refractivity contribution is 6.18. The molecule has 0 saturated heterocycles. The Balaban J connectivity index is -0.00000220. The number of halogens is 4. The highest BCUT2D eigenvalue weighted by Crippen LogP contribution is 2.10. The van der Waals surface area contributed by atoms with Crippen molar-refractivity contribution in [3.63, 3.8) is 0 Å². The number of hydrogen-bond donors (Lipinski definition) is 2. The van der Waals surface area contributed by atoms with Gasteiger partial charge in [0.2, 0.25) is 0 Å². The number of unbranched alkanes of at least 4 members (excludes halogenated alkanes) is 3. The lowest BCUT2D eigenvalue weighted by Gasteiger charge is -2.32. The molecule has 0 radical (unpaired) electrons. The average molecular weight is 430 g/mol. The second-order valence-corrected chi connectivity index (χ2v) is 8.33. The summed E-state index contributed by atoms with van der Waals surface area (Å²) in [6, 6.07) is 0. The molecule has 4 nitrogen and oxygen atoms in total. The lowest BCUT2D eigenvalue weighted by atomic mass is 10.1. The Morgan fingerprint density at radius 3 is 1.21 bits per heavy atom. The number of alkyl halides is 2. The Bertz CT molecular complexity index is 267. The van der Waals surface area contributed by atoms with E-state index in [1.54, 1.807) is 0 Å². The third kappa shape index (κ3) is 16.5. The third-order valence-corrected chi connectivity index (χ3v) is 4.76. The van der Waals surface area contributed by atoms with Crippen LogP contribution in [0.4, 0.5) is 0 Å². The summed E-state index contributed by atoms with van der Waals surface area (Å²) in [5.41, 5.74) is 0. The first-order valence-electron chi connectivity index (χ1n) is 8.24. The maximum absolute atomic E-state index is 9.64. The standard InChI is InChI=1S/C16H36Cl2N2O2.2ClH/c1-19(2,13-15(21)11-17)9-7-5-6-8-10-20(3,4)14-16(22)12-18;;/h15-16,21-22H,5-14H2,1-4H3;2*1H/q+2;;/p-2. The van der Waals surface area contributed by atoms with Gasteiger partial charge in [-0.05, 0) is 25.7 Å². The van der Waals surface area contributed by atoms with Gasteiger partial charge in [0.25, 0.3) is 0 Å². The lowest BCUT2D eigenvalue weighted by molar-refractivity contribution is -0.894. The molecule has 2 atom stereocenters. The number of rotatable bonds is 13. The molecule has 0 fully saturated rings. The quantitative estimate of drug-likeness (QED) is 0.177. The molecule has 0 aliphatic carbocycles. The van der Waals surface area contributed by atoms with Crippen LogP contribution in [0.3, 0.4) is 0 Å². The summed E-state index contributed by atoms with van der Waals surface area (Å²) in [4.78, 5) is 0. The molecular weight excluding hydrogens is 394 g/mol. The summed E-state index contributed by atoms with van der Waals surface area (Å²) in [6.45, 7) is 3.56. The van der Waals surface area contributed by atoms with Crippen molar-refractivity contribution in [1.29, 1.82) is 0 Å². The predicted molar refractivity (Wildman–Crippen MR) is 95.6 cm³/mol. The van der Waals surface area contributed by atoms with E-state index in [0.29, 0.717) is 24.8 Å². The number of aliphatic hydroxyl groups is 2. The molecule has 0 spiro atoms. The van der Waals surface area contributed by atoms with Crippen LogP contribution in [0.1, 0.15) is 25.7 Å². The van der Waals surface area contributed by atoms with Crippen LogP contribution >= 0.6 is 23.2 Å². The van der Waals surface area contributed by atoms with Gasteiger partial charge in [-0.15, -0.1) is 23.2 Å². The van der Waals surface area contributed by atoms with Crippen molar-refractivity contribution in [1.82, 2.24) is 0 Å². The van der Waals surface area contributed by atoms with Crippen LogP contribution in [-0.2, 0) is 0 Å². The molecule has 8 heteroatoms. The molecule has 24 heavy (non-hydrogen) atoms. The normalized spacial score (nSPS) is 14.5. The number of nitrogens with zero attached hydrogens (tertiary/aromatic N) is 2. The van der Waals surface area contributed by atoms with Crippen molar-refractivity contribution in [2.24, 2.45) is 0 Å². The van der Waals surface area contributed by atoms with E-state index in [9.17, 15) is 10.2 Å². The van der Waals surface area contributed by atoms with Gasteiger partial charge in [0.1, 0.15) is 25.3 Å². The van der Waals surface area contributed by atoms with Crippen molar-refractivity contribution in [2.45, 2.75) is 37.9 Å². The fourth-order valence-corrected chi connectivity index (χ4v) is 3.05. The molecule has 0 amide bonds. The van der Waals surface area contributed by atoms with E-state index in [0.717, 1.165) is 22.1 Å².